The molecule has 3 N–H and O–H groups in total. The molecular formula is C22H24N8O2. The number of nitrogens with one attached hydrogen (secondary N) is 1. The summed E-state index contributed by atoms with van der Waals surface area (Å²) in [6.45, 7) is 8.23. The Morgan fingerprint density at radius 3 is 2.72 bits per heavy atom. The third kappa shape index (κ3) is 4.40. The molecule has 4 aromatic rings. The van der Waals surface area contributed by atoms with Gasteiger partial charge in [-0.1, -0.05) is 31.1 Å². The lowest BCUT2D eigenvalue weighted by atomic mass is 9.93. The normalized spacial score (nSPS) is 11.5. The van der Waals surface area contributed by atoms with E-state index in [1.54, 1.807) is 35.4 Å². The minimum Gasteiger partial charge on any atom is -0.359 e. The van der Waals surface area contributed by atoms with Crippen LogP contribution in [0.25, 0.3) is 16.9 Å². The van der Waals surface area contributed by atoms with Crippen LogP contribution in [-0.2, 0) is 12.0 Å². The fourth-order valence-electron chi connectivity index (χ4n) is 3.01. The van der Waals surface area contributed by atoms with E-state index in [1.807, 2.05) is 33.8 Å². The van der Waals surface area contributed by atoms with E-state index >= 15 is 0 Å². The SMILES string of the molecule is Cc1ncc(C(=O)Nc2cc(C(C)(C)C)on2)cc1-n1cc(-c2cncc(CN)c2)nn1. The zero-order valence-electron chi connectivity index (χ0n) is 18.3. The van der Waals surface area contributed by atoms with Gasteiger partial charge in [-0.05, 0) is 24.6 Å². The number of hydrogen-bond acceptors (Lipinski definition) is 8. The van der Waals surface area contributed by atoms with E-state index in [2.05, 4.69) is 30.8 Å². The number of rotatable bonds is 5. The molecule has 4 rings (SSSR count). The van der Waals surface area contributed by atoms with Gasteiger partial charge in [-0.3, -0.25) is 14.8 Å². The topological polar surface area (TPSA) is 138 Å². The van der Waals surface area contributed by atoms with Crippen LogP contribution in [0.4, 0.5) is 5.82 Å². The van der Waals surface area contributed by atoms with Crippen molar-refractivity contribution in [3.63, 3.8) is 0 Å². The lowest BCUT2D eigenvalue weighted by Crippen LogP contribution is -2.14. The van der Waals surface area contributed by atoms with Crippen LogP contribution in [0.3, 0.4) is 0 Å². The first kappa shape index (κ1) is 21.3. The molecule has 0 aromatic carbocycles. The highest BCUT2D eigenvalue weighted by molar-refractivity contribution is 6.03. The Kier molecular flexibility index (Phi) is 5.54. The quantitative estimate of drug-likeness (QED) is 0.491. The summed E-state index contributed by atoms with van der Waals surface area (Å²) in [7, 11) is 0. The number of pyridine rings is 2. The van der Waals surface area contributed by atoms with Crippen LogP contribution in [-0.4, -0.2) is 36.0 Å². The van der Waals surface area contributed by atoms with Crippen LogP contribution in [0.1, 0.15) is 48.1 Å². The number of carbonyl (C=O) groups excluding carboxylic acids is 1. The van der Waals surface area contributed by atoms with Gasteiger partial charge in [0.1, 0.15) is 11.5 Å². The minimum atomic E-state index is -0.354. The number of amides is 1. The molecule has 0 atom stereocenters. The second-order valence-corrected chi connectivity index (χ2v) is 8.44. The number of nitrogens with two attached hydrogens (primary N) is 1. The predicted octanol–water partition coefficient (Wildman–Crippen LogP) is 3.03. The first-order valence-corrected chi connectivity index (χ1v) is 10.1. The number of aromatic nitrogens is 6. The Labute approximate surface area is 184 Å². The third-order valence-electron chi connectivity index (χ3n) is 4.88. The molecule has 0 saturated heterocycles. The van der Waals surface area contributed by atoms with Gasteiger partial charge in [0, 0.05) is 42.2 Å². The highest BCUT2D eigenvalue weighted by Crippen LogP contribution is 2.25. The molecule has 0 aliphatic heterocycles. The van der Waals surface area contributed by atoms with Crippen LogP contribution >= 0.6 is 0 Å². The fraction of sp³-hybridized carbons (Fsp3) is 0.273. The van der Waals surface area contributed by atoms with Crippen LogP contribution in [0.5, 0.6) is 0 Å². The minimum absolute atomic E-state index is 0.210. The first-order chi connectivity index (χ1) is 15.2. The van der Waals surface area contributed by atoms with Crippen LogP contribution < -0.4 is 11.1 Å². The monoisotopic (exact) mass is 432 g/mol. The standard InChI is InChI=1S/C22H24N8O2/c1-13-18(30-12-17(27-29-30)15-5-14(8-23)9-24-10-15)6-16(11-25-13)21(31)26-20-7-19(32-28-20)22(2,3)4/h5-7,9-12H,8,23H2,1-4H3,(H,26,28,31). The molecule has 4 aromatic heterocycles. The molecular weight excluding hydrogens is 408 g/mol. The smallest absolute Gasteiger partial charge is 0.258 e. The van der Waals surface area contributed by atoms with Crippen molar-refractivity contribution in [2.45, 2.75) is 39.7 Å². The number of hydrogen-bond donors (Lipinski definition) is 2. The molecule has 0 bridgehead atoms. The van der Waals surface area contributed by atoms with E-state index < -0.39 is 0 Å². The average Bonchev–Trinajstić information content (AvgIpc) is 3.44. The second-order valence-electron chi connectivity index (χ2n) is 8.44. The summed E-state index contributed by atoms with van der Waals surface area (Å²) in [5, 5.41) is 15.1. The summed E-state index contributed by atoms with van der Waals surface area (Å²) in [4.78, 5) is 21.3. The molecule has 0 aliphatic carbocycles. The van der Waals surface area contributed by atoms with Gasteiger partial charge in [0.15, 0.2) is 5.82 Å². The van der Waals surface area contributed by atoms with Crippen LogP contribution in [0.2, 0.25) is 0 Å². The fourth-order valence-corrected chi connectivity index (χ4v) is 3.01. The van der Waals surface area contributed by atoms with Crippen molar-refractivity contribution >= 4 is 11.7 Å². The molecule has 10 heteroatoms. The van der Waals surface area contributed by atoms with Crippen LogP contribution in [0, 0.1) is 6.92 Å². The molecule has 0 fully saturated rings. The number of anilines is 1. The maximum Gasteiger partial charge on any atom is 0.258 e. The van der Waals surface area contributed by atoms with Crippen molar-refractivity contribution in [1.29, 1.82) is 0 Å². The lowest BCUT2D eigenvalue weighted by molar-refractivity contribution is 0.102. The Morgan fingerprint density at radius 2 is 2.00 bits per heavy atom. The number of aryl methyl sites for hydroxylation is 1. The second kappa shape index (κ2) is 8.31. The summed E-state index contributed by atoms with van der Waals surface area (Å²) in [5.41, 5.74) is 9.52. The van der Waals surface area contributed by atoms with Crippen molar-refractivity contribution < 1.29 is 9.32 Å². The number of nitrogens with zero attached hydrogens (tertiary/aromatic N) is 6. The van der Waals surface area contributed by atoms with Gasteiger partial charge in [0.25, 0.3) is 5.91 Å². The van der Waals surface area contributed by atoms with Gasteiger partial charge in [-0.15, -0.1) is 5.10 Å². The van der Waals surface area contributed by atoms with E-state index in [-0.39, 0.29) is 11.3 Å². The maximum absolute atomic E-state index is 12.8. The predicted molar refractivity (Wildman–Crippen MR) is 118 cm³/mol. The Hall–Kier alpha value is -3.92. The lowest BCUT2D eigenvalue weighted by Gasteiger charge is -2.12. The Bertz CT molecular complexity index is 1270. The summed E-state index contributed by atoms with van der Waals surface area (Å²) < 4.78 is 6.90. The van der Waals surface area contributed by atoms with Crippen molar-refractivity contribution in [2.75, 3.05) is 5.32 Å². The van der Waals surface area contributed by atoms with Gasteiger partial charge in [-0.25, -0.2) is 4.68 Å². The maximum atomic E-state index is 12.8. The molecule has 32 heavy (non-hydrogen) atoms. The molecule has 0 radical (unpaired) electrons. The molecule has 0 aliphatic rings. The molecule has 10 nitrogen and oxygen atoms in total. The first-order valence-electron chi connectivity index (χ1n) is 10.1. The summed E-state index contributed by atoms with van der Waals surface area (Å²) in [5.74, 6) is 0.670. The molecule has 1 amide bonds. The van der Waals surface area contributed by atoms with Gasteiger partial charge in [-0.2, -0.15) is 0 Å². The van der Waals surface area contributed by atoms with Crippen molar-refractivity contribution in [2.24, 2.45) is 5.73 Å². The van der Waals surface area contributed by atoms with Crippen molar-refractivity contribution in [3.8, 4) is 16.9 Å². The van der Waals surface area contributed by atoms with Crippen molar-refractivity contribution in [3.05, 3.63) is 65.6 Å². The Balaban J connectivity index is 1.58. The zero-order valence-corrected chi connectivity index (χ0v) is 18.3. The third-order valence-corrected chi connectivity index (χ3v) is 4.88. The molecule has 4 heterocycles. The largest absolute Gasteiger partial charge is 0.359 e. The average molecular weight is 432 g/mol. The summed E-state index contributed by atoms with van der Waals surface area (Å²) >= 11 is 0. The van der Waals surface area contributed by atoms with E-state index in [9.17, 15) is 4.79 Å². The van der Waals surface area contributed by atoms with E-state index in [4.69, 9.17) is 10.3 Å². The summed E-state index contributed by atoms with van der Waals surface area (Å²) in [6, 6.07) is 5.34. The zero-order chi connectivity index (χ0) is 22.9. The van der Waals surface area contributed by atoms with Gasteiger partial charge in [0.05, 0.1) is 23.1 Å². The van der Waals surface area contributed by atoms with Gasteiger partial charge >= 0.3 is 0 Å². The van der Waals surface area contributed by atoms with E-state index in [1.165, 1.54) is 6.20 Å². The molecule has 0 saturated carbocycles. The van der Waals surface area contributed by atoms with Gasteiger partial charge < -0.3 is 15.6 Å². The van der Waals surface area contributed by atoms with Gasteiger partial charge in [0.2, 0.25) is 0 Å². The molecule has 0 spiro atoms. The molecule has 0 unspecified atom stereocenters. The highest BCUT2D eigenvalue weighted by Gasteiger charge is 2.21. The summed E-state index contributed by atoms with van der Waals surface area (Å²) in [6.07, 6.45) is 6.68. The van der Waals surface area contributed by atoms with E-state index in [0.717, 1.165) is 11.1 Å². The highest BCUT2D eigenvalue weighted by atomic mass is 16.5. The number of carbonyl (C=O) groups is 1. The van der Waals surface area contributed by atoms with E-state index in [0.29, 0.717) is 40.8 Å². The van der Waals surface area contributed by atoms with Crippen LogP contribution in [0.15, 0.2) is 47.5 Å². The Morgan fingerprint density at radius 1 is 1.19 bits per heavy atom. The van der Waals surface area contributed by atoms with Crippen molar-refractivity contribution in [1.82, 2.24) is 30.1 Å². The molecule has 164 valence electrons.